The Hall–Kier alpha value is -1.55. The molecule has 1 amide bonds. The number of amides is 1. The Morgan fingerprint density at radius 3 is 2.50 bits per heavy atom. The standard InChI is InChI=1S/C14H20N2O2/c1-16(12-4-2-3-5-13(12)17)14(18)10-6-8-11(15)9-7-10/h6-9,12-13,17H,2-5,15H2,1H3. The summed E-state index contributed by atoms with van der Waals surface area (Å²) in [5, 5.41) is 9.97. The molecule has 1 aromatic rings. The van der Waals surface area contributed by atoms with Crippen molar-refractivity contribution in [2.45, 2.75) is 37.8 Å². The van der Waals surface area contributed by atoms with E-state index in [1.807, 2.05) is 0 Å². The predicted molar refractivity (Wildman–Crippen MR) is 71.2 cm³/mol. The van der Waals surface area contributed by atoms with Crippen molar-refractivity contribution in [3.05, 3.63) is 29.8 Å². The first-order valence-electron chi connectivity index (χ1n) is 6.40. The number of likely N-dealkylation sites (N-methyl/N-ethyl adjacent to an activating group) is 1. The van der Waals surface area contributed by atoms with Crippen LogP contribution in [-0.2, 0) is 0 Å². The highest BCUT2D eigenvalue weighted by atomic mass is 16.3. The van der Waals surface area contributed by atoms with Gasteiger partial charge in [-0.3, -0.25) is 4.79 Å². The average Bonchev–Trinajstić information content (AvgIpc) is 2.38. The Morgan fingerprint density at radius 1 is 1.28 bits per heavy atom. The zero-order chi connectivity index (χ0) is 13.1. The second-order valence-corrected chi connectivity index (χ2v) is 4.96. The molecule has 2 rings (SSSR count). The van der Waals surface area contributed by atoms with Gasteiger partial charge in [-0.2, -0.15) is 0 Å². The normalized spacial score (nSPS) is 23.7. The van der Waals surface area contributed by atoms with Crippen LogP contribution in [0, 0.1) is 0 Å². The fourth-order valence-corrected chi connectivity index (χ4v) is 2.52. The van der Waals surface area contributed by atoms with Crippen molar-refractivity contribution in [2.24, 2.45) is 0 Å². The van der Waals surface area contributed by atoms with E-state index in [9.17, 15) is 9.90 Å². The number of nitrogen functional groups attached to an aromatic ring is 1. The molecule has 1 saturated carbocycles. The van der Waals surface area contributed by atoms with Crippen molar-refractivity contribution in [3.63, 3.8) is 0 Å². The first-order chi connectivity index (χ1) is 8.59. The molecule has 18 heavy (non-hydrogen) atoms. The van der Waals surface area contributed by atoms with Crippen LogP contribution in [0.25, 0.3) is 0 Å². The van der Waals surface area contributed by atoms with Gasteiger partial charge in [0.25, 0.3) is 5.91 Å². The minimum atomic E-state index is -0.401. The van der Waals surface area contributed by atoms with E-state index in [1.54, 1.807) is 36.2 Å². The average molecular weight is 248 g/mol. The summed E-state index contributed by atoms with van der Waals surface area (Å²) in [6, 6.07) is 6.83. The fraction of sp³-hybridized carbons (Fsp3) is 0.500. The molecule has 3 N–H and O–H groups in total. The van der Waals surface area contributed by atoms with Crippen molar-refractivity contribution in [1.29, 1.82) is 0 Å². The van der Waals surface area contributed by atoms with Crippen LogP contribution >= 0.6 is 0 Å². The molecule has 1 aliphatic rings. The third-order valence-electron chi connectivity index (χ3n) is 3.67. The molecule has 98 valence electrons. The summed E-state index contributed by atoms with van der Waals surface area (Å²) in [7, 11) is 1.76. The Bertz CT molecular complexity index is 416. The molecular formula is C14H20N2O2. The van der Waals surface area contributed by atoms with Crippen LogP contribution in [0.1, 0.15) is 36.0 Å². The van der Waals surface area contributed by atoms with Gasteiger partial charge < -0.3 is 15.7 Å². The number of aliphatic hydroxyl groups is 1. The molecule has 0 aromatic heterocycles. The zero-order valence-corrected chi connectivity index (χ0v) is 10.7. The number of rotatable bonds is 2. The van der Waals surface area contributed by atoms with Crippen molar-refractivity contribution in [2.75, 3.05) is 12.8 Å². The van der Waals surface area contributed by atoms with E-state index in [1.165, 1.54) is 0 Å². The number of hydrogen-bond acceptors (Lipinski definition) is 3. The third kappa shape index (κ3) is 2.64. The Morgan fingerprint density at radius 2 is 1.89 bits per heavy atom. The van der Waals surface area contributed by atoms with Crippen molar-refractivity contribution < 1.29 is 9.90 Å². The Balaban J connectivity index is 2.10. The minimum absolute atomic E-state index is 0.0547. The molecule has 0 radical (unpaired) electrons. The van der Waals surface area contributed by atoms with E-state index in [4.69, 9.17) is 5.73 Å². The van der Waals surface area contributed by atoms with Crippen molar-refractivity contribution in [3.8, 4) is 0 Å². The quantitative estimate of drug-likeness (QED) is 0.782. The van der Waals surface area contributed by atoms with E-state index in [-0.39, 0.29) is 11.9 Å². The summed E-state index contributed by atoms with van der Waals surface area (Å²) in [6.07, 6.45) is 3.37. The highest BCUT2D eigenvalue weighted by Crippen LogP contribution is 2.23. The van der Waals surface area contributed by atoms with Gasteiger partial charge in [0.15, 0.2) is 0 Å². The maximum atomic E-state index is 12.3. The zero-order valence-electron chi connectivity index (χ0n) is 10.7. The summed E-state index contributed by atoms with van der Waals surface area (Å²) in [5.41, 5.74) is 6.86. The lowest BCUT2D eigenvalue weighted by Crippen LogP contribution is -2.46. The van der Waals surface area contributed by atoms with E-state index in [0.29, 0.717) is 11.3 Å². The molecule has 0 bridgehead atoms. The molecule has 2 unspecified atom stereocenters. The smallest absolute Gasteiger partial charge is 0.253 e. The second-order valence-electron chi connectivity index (χ2n) is 4.96. The fourth-order valence-electron chi connectivity index (χ4n) is 2.52. The summed E-state index contributed by atoms with van der Waals surface area (Å²) < 4.78 is 0. The molecule has 0 heterocycles. The number of nitrogens with two attached hydrogens (primary N) is 1. The van der Waals surface area contributed by atoms with Gasteiger partial charge >= 0.3 is 0 Å². The molecule has 1 fully saturated rings. The van der Waals surface area contributed by atoms with Gasteiger partial charge in [0.05, 0.1) is 12.1 Å². The topological polar surface area (TPSA) is 66.6 Å². The van der Waals surface area contributed by atoms with Gasteiger partial charge in [-0.25, -0.2) is 0 Å². The van der Waals surface area contributed by atoms with E-state index in [0.717, 1.165) is 25.7 Å². The lowest BCUT2D eigenvalue weighted by molar-refractivity contribution is 0.0268. The van der Waals surface area contributed by atoms with Gasteiger partial charge in [-0.15, -0.1) is 0 Å². The maximum Gasteiger partial charge on any atom is 0.253 e. The lowest BCUT2D eigenvalue weighted by Gasteiger charge is -2.35. The Labute approximate surface area is 107 Å². The predicted octanol–water partition coefficient (Wildman–Crippen LogP) is 1.64. The molecule has 2 atom stereocenters. The molecule has 0 spiro atoms. The van der Waals surface area contributed by atoms with Crippen LogP contribution in [0.2, 0.25) is 0 Å². The highest BCUT2D eigenvalue weighted by molar-refractivity contribution is 5.94. The van der Waals surface area contributed by atoms with Gasteiger partial charge in [0.2, 0.25) is 0 Å². The first kappa shape index (κ1) is 12.9. The summed E-state index contributed by atoms with van der Waals surface area (Å²) >= 11 is 0. The first-order valence-corrected chi connectivity index (χ1v) is 6.40. The number of anilines is 1. The molecule has 1 aromatic carbocycles. The minimum Gasteiger partial charge on any atom is -0.399 e. The molecule has 0 aliphatic heterocycles. The molecule has 0 saturated heterocycles. The lowest BCUT2D eigenvalue weighted by atomic mass is 9.91. The second kappa shape index (κ2) is 5.40. The van der Waals surface area contributed by atoms with Gasteiger partial charge in [-0.05, 0) is 37.1 Å². The highest BCUT2D eigenvalue weighted by Gasteiger charge is 2.29. The summed E-state index contributed by atoms with van der Waals surface area (Å²) in [4.78, 5) is 13.9. The number of carbonyl (C=O) groups excluding carboxylic acids is 1. The largest absolute Gasteiger partial charge is 0.399 e. The molecule has 1 aliphatic carbocycles. The Kier molecular flexibility index (Phi) is 3.87. The molecule has 4 nitrogen and oxygen atoms in total. The monoisotopic (exact) mass is 248 g/mol. The van der Waals surface area contributed by atoms with E-state index >= 15 is 0 Å². The van der Waals surface area contributed by atoms with Crippen LogP contribution in [-0.4, -0.2) is 35.1 Å². The maximum absolute atomic E-state index is 12.3. The summed E-state index contributed by atoms with van der Waals surface area (Å²) in [6.45, 7) is 0. The van der Waals surface area contributed by atoms with Crippen LogP contribution in [0.15, 0.2) is 24.3 Å². The van der Waals surface area contributed by atoms with Crippen LogP contribution in [0.3, 0.4) is 0 Å². The van der Waals surface area contributed by atoms with Crippen molar-refractivity contribution in [1.82, 2.24) is 4.90 Å². The van der Waals surface area contributed by atoms with Crippen LogP contribution in [0.5, 0.6) is 0 Å². The number of nitrogens with zero attached hydrogens (tertiary/aromatic N) is 1. The summed E-state index contributed by atoms with van der Waals surface area (Å²) in [5.74, 6) is -0.0547. The number of hydrogen-bond donors (Lipinski definition) is 2. The van der Waals surface area contributed by atoms with Gasteiger partial charge in [0.1, 0.15) is 0 Å². The SMILES string of the molecule is CN(C(=O)c1ccc(N)cc1)C1CCCCC1O. The van der Waals surface area contributed by atoms with E-state index in [2.05, 4.69) is 0 Å². The number of aliphatic hydroxyl groups excluding tert-OH is 1. The number of carbonyl (C=O) groups is 1. The van der Waals surface area contributed by atoms with Crippen molar-refractivity contribution >= 4 is 11.6 Å². The van der Waals surface area contributed by atoms with E-state index < -0.39 is 6.10 Å². The molecule has 4 heteroatoms. The van der Waals surface area contributed by atoms with Gasteiger partial charge in [0, 0.05) is 18.3 Å². The number of benzene rings is 1. The third-order valence-corrected chi connectivity index (χ3v) is 3.67. The van der Waals surface area contributed by atoms with Gasteiger partial charge in [-0.1, -0.05) is 12.8 Å². The molecular weight excluding hydrogens is 228 g/mol. The van der Waals surface area contributed by atoms with Crippen LogP contribution in [0.4, 0.5) is 5.69 Å². The van der Waals surface area contributed by atoms with Crippen LogP contribution < -0.4 is 5.73 Å².